The number of nitrogens with zero attached hydrogens (tertiary/aromatic N) is 2. The molecule has 1 fully saturated rings. The summed E-state index contributed by atoms with van der Waals surface area (Å²) in [5, 5.41) is 2.48. The molecule has 0 atom stereocenters. The van der Waals surface area contributed by atoms with Crippen molar-refractivity contribution in [2.24, 2.45) is 0 Å². The zero-order chi connectivity index (χ0) is 20.3. The van der Waals surface area contributed by atoms with Crippen LogP contribution in [0.15, 0.2) is 39.4 Å². The highest BCUT2D eigenvalue weighted by atomic mass is 79.9. The summed E-state index contributed by atoms with van der Waals surface area (Å²) in [5.41, 5.74) is 0.0514. The Kier molecular flexibility index (Phi) is 6.08. The molecule has 1 aromatic carbocycles. The van der Waals surface area contributed by atoms with Gasteiger partial charge in [-0.05, 0) is 46.3 Å². The maximum Gasteiger partial charge on any atom is 0.287 e. The molecule has 1 saturated heterocycles. The smallest absolute Gasteiger partial charge is 0.287 e. The van der Waals surface area contributed by atoms with Crippen molar-refractivity contribution in [2.75, 3.05) is 32.7 Å². The molecule has 2 heterocycles. The van der Waals surface area contributed by atoms with Crippen molar-refractivity contribution in [1.82, 2.24) is 15.1 Å². The first-order valence-corrected chi connectivity index (χ1v) is 9.20. The van der Waals surface area contributed by atoms with E-state index in [4.69, 9.17) is 4.42 Å². The molecule has 2 aromatic rings. The van der Waals surface area contributed by atoms with Gasteiger partial charge in [-0.1, -0.05) is 0 Å². The van der Waals surface area contributed by atoms with Crippen LogP contribution in [-0.4, -0.2) is 60.2 Å². The molecule has 1 aliphatic rings. The molecule has 0 saturated carbocycles. The van der Waals surface area contributed by atoms with Crippen molar-refractivity contribution in [1.29, 1.82) is 0 Å². The summed E-state index contributed by atoms with van der Waals surface area (Å²) >= 11 is 3.09. The Morgan fingerprint density at radius 1 is 1.00 bits per heavy atom. The van der Waals surface area contributed by atoms with E-state index >= 15 is 0 Å². The zero-order valence-corrected chi connectivity index (χ0v) is 16.2. The largest absolute Gasteiger partial charge is 0.444 e. The fourth-order valence-corrected chi connectivity index (χ4v) is 3.07. The van der Waals surface area contributed by atoms with E-state index in [2.05, 4.69) is 21.2 Å². The van der Waals surface area contributed by atoms with Gasteiger partial charge in [0.2, 0.25) is 5.91 Å². The van der Waals surface area contributed by atoms with Gasteiger partial charge in [-0.15, -0.1) is 0 Å². The number of hydrogen-bond acceptors (Lipinski definition) is 4. The molecule has 1 aromatic heterocycles. The van der Waals surface area contributed by atoms with Gasteiger partial charge < -0.3 is 19.5 Å². The van der Waals surface area contributed by atoms with Crippen molar-refractivity contribution in [3.63, 3.8) is 0 Å². The van der Waals surface area contributed by atoms with Crippen LogP contribution in [0.1, 0.15) is 20.9 Å². The number of benzene rings is 1. The van der Waals surface area contributed by atoms with Gasteiger partial charge in [0.05, 0.1) is 6.54 Å². The summed E-state index contributed by atoms with van der Waals surface area (Å²) in [5.74, 6) is -3.25. The van der Waals surface area contributed by atoms with Crippen LogP contribution in [0.3, 0.4) is 0 Å². The van der Waals surface area contributed by atoms with E-state index in [0.717, 1.165) is 12.1 Å². The first kappa shape index (κ1) is 20.0. The fraction of sp³-hybridized carbons (Fsp3) is 0.278. The first-order chi connectivity index (χ1) is 13.3. The van der Waals surface area contributed by atoms with Crippen LogP contribution in [0.5, 0.6) is 0 Å². The molecule has 3 rings (SSSR count). The minimum atomic E-state index is -1.08. The van der Waals surface area contributed by atoms with E-state index in [0.29, 0.717) is 4.67 Å². The SMILES string of the molecule is O=C(NCC(=O)N1CCN(C(=O)c2ccc(F)c(F)c2)CC1)c1ccc(Br)o1. The highest BCUT2D eigenvalue weighted by Gasteiger charge is 2.25. The molecule has 148 valence electrons. The molecule has 7 nitrogen and oxygen atoms in total. The first-order valence-electron chi connectivity index (χ1n) is 8.41. The van der Waals surface area contributed by atoms with Crippen LogP contribution >= 0.6 is 15.9 Å². The van der Waals surface area contributed by atoms with Crippen molar-refractivity contribution >= 4 is 33.7 Å². The summed E-state index contributed by atoms with van der Waals surface area (Å²) in [6.45, 7) is 0.854. The van der Waals surface area contributed by atoms with E-state index in [1.807, 2.05) is 0 Å². The second-order valence-corrected chi connectivity index (χ2v) is 6.87. The molecule has 1 N–H and O–H groups in total. The van der Waals surface area contributed by atoms with Gasteiger partial charge in [-0.3, -0.25) is 14.4 Å². The topological polar surface area (TPSA) is 82.9 Å². The summed E-state index contributed by atoms with van der Waals surface area (Å²) < 4.78 is 31.8. The molecular formula is C18H16BrF2N3O4. The van der Waals surface area contributed by atoms with Crippen LogP contribution in [0.4, 0.5) is 8.78 Å². The minimum Gasteiger partial charge on any atom is -0.444 e. The van der Waals surface area contributed by atoms with Crippen LogP contribution in [0.2, 0.25) is 0 Å². The van der Waals surface area contributed by atoms with E-state index in [-0.39, 0.29) is 50.0 Å². The molecule has 0 aliphatic carbocycles. The summed E-state index contributed by atoms with van der Waals surface area (Å²) in [7, 11) is 0. The number of furan rings is 1. The van der Waals surface area contributed by atoms with Gasteiger partial charge in [0, 0.05) is 31.7 Å². The quantitative estimate of drug-likeness (QED) is 0.764. The predicted molar refractivity (Wildman–Crippen MR) is 97.6 cm³/mol. The molecule has 0 bridgehead atoms. The summed E-state index contributed by atoms with van der Waals surface area (Å²) in [4.78, 5) is 39.5. The third kappa shape index (κ3) is 4.56. The van der Waals surface area contributed by atoms with Gasteiger partial charge in [0.1, 0.15) is 0 Å². The van der Waals surface area contributed by atoms with Gasteiger partial charge in [0.25, 0.3) is 11.8 Å². The summed E-state index contributed by atoms with van der Waals surface area (Å²) in [6.07, 6.45) is 0. The van der Waals surface area contributed by atoms with Crippen LogP contribution < -0.4 is 5.32 Å². The van der Waals surface area contributed by atoms with Gasteiger partial charge >= 0.3 is 0 Å². The fourth-order valence-electron chi connectivity index (χ4n) is 2.76. The normalized spacial score (nSPS) is 14.1. The van der Waals surface area contributed by atoms with Crippen LogP contribution in [0.25, 0.3) is 0 Å². The predicted octanol–water partition coefficient (Wildman–Crippen LogP) is 2.03. The van der Waals surface area contributed by atoms with E-state index in [9.17, 15) is 23.2 Å². The van der Waals surface area contributed by atoms with Crippen molar-refractivity contribution in [3.8, 4) is 0 Å². The molecule has 0 spiro atoms. The second-order valence-electron chi connectivity index (χ2n) is 6.09. The van der Waals surface area contributed by atoms with E-state index in [1.54, 1.807) is 6.07 Å². The highest BCUT2D eigenvalue weighted by Crippen LogP contribution is 2.14. The number of hydrogen-bond donors (Lipinski definition) is 1. The lowest BCUT2D eigenvalue weighted by Gasteiger charge is -2.34. The number of nitrogens with one attached hydrogen (secondary N) is 1. The van der Waals surface area contributed by atoms with Gasteiger partial charge in [0.15, 0.2) is 22.1 Å². The number of piperazine rings is 1. The standard InChI is InChI=1S/C18H16BrF2N3O4/c19-15-4-3-14(28-15)17(26)22-10-16(25)23-5-7-24(8-6-23)18(27)11-1-2-12(20)13(21)9-11/h1-4,9H,5-8,10H2,(H,22,26). The van der Waals surface area contributed by atoms with E-state index in [1.165, 1.54) is 21.9 Å². The lowest BCUT2D eigenvalue weighted by molar-refractivity contribution is -0.131. The number of carbonyl (C=O) groups is 3. The molecule has 0 unspecified atom stereocenters. The molecule has 28 heavy (non-hydrogen) atoms. The highest BCUT2D eigenvalue weighted by molar-refractivity contribution is 9.10. The Bertz CT molecular complexity index is 910. The van der Waals surface area contributed by atoms with Crippen LogP contribution in [-0.2, 0) is 4.79 Å². The monoisotopic (exact) mass is 455 g/mol. The molecule has 10 heteroatoms. The molecule has 3 amide bonds. The number of rotatable bonds is 4. The lowest BCUT2D eigenvalue weighted by Crippen LogP contribution is -2.52. The average molecular weight is 456 g/mol. The lowest BCUT2D eigenvalue weighted by atomic mass is 10.1. The van der Waals surface area contributed by atoms with E-state index < -0.39 is 23.4 Å². The molecule has 1 aliphatic heterocycles. The maximum absolute atomic E-state index is 13.3. The third-order valence-electron chi connectivity index (χ3n) is 4.28. The number of carbonyl (C=O) groups excluding carboxylic acids is 3. The molecular weight excluding hydrogens is 440 g/mol. The Balaban J connectivity index is 1.49. The van der Waals surface area contributed by atoms with Crippen molar-refractivity contribution < 1.29 is 27.6 Å². The maximum atomic E-state index is 13.3. The summed E-state index contributed by atoms with van der Waals surface area (Å²) in [6, 6.07) is 6.04. The van der Waals surface area contributed by atoms with Gasteiger partial charge in [-0.25, -0.2) is 8.78 Å². The van der Waals surface area contributed by atoms with Crippen LogP contribution in [0, 0.1) is 11.6 Å². The van der Waals surface area contributed by atoms with Crippen molar-refractivity contribution in [3.05, 3.63) is 58.0 Å². The Morgan fingerprint density at radius 3 is 2.29 bits per heavy atom. The number of amides is 3. The number of halogens is 3. The molecule has 0 radical (unpaired) electrons. The Hall–Kier alpha value is -2.75. The minimum absolute atomic E-state index is 0.0514. The Labute approximate surface area is 167 Å². The van der Waals surface area contributed by atoms with Gasteiger partial charge in [-0.2, -0.15) is 0 Å². The Morgan fingerprint density at radius 2 is 1.68 bits per heavy atom. The average Bonchev–Trinajstić information content (AvgIpc) is 3.14. The van der Waals surface area contributed by atoms with Crippen molar-refractivity contribution in [2.45, 2.75) is 0 Å². The third-order valence-corrected chi connectivity index (χ3v) is 4.71. The second kappa shape index (κ2) is 8.51. The zero-order valence-electron chi connectivity index (χ0n) is 14.6.